The molecule has 0 fully saturated rings. The second kappa shape index (κ2) is 10.7. The Balaban J connectivity index is 1.69. The van der Waals surface area contributed by atoms with E-state index in [1.165, 1.54) is 0 Å². The number of nitrogens with zero attached hydrogens (tertiary/aromatic N) is 2. The minimum Gasteiger partial charge on any atom is -0.462 e. The fourth-order valence-electron chi connectivity index (χ4n) is 4.62. The Labute approximate surface area is 219 Å². The van der Waals surface area contributed by atoms with Gasteiger partial charge < -0.3 is 14.4 Å². The Bertz CT molecular complexity index is 1540. The first-order valence-corrected chi connectivity index (χ1v) is 12.5. The van der Waals surface area contributed by atoms with Crippen molar-refractivity contribution in [3.8, 4) is 17.2 Å². The Morgan fingerprint density at radius 2 is 1.43 bits per heavy atom. The zero-order valence-electron chi connectivity index (χ0n) is 21.7. The van der Waals surface area contributed by atoms with Gasteiger partial charge in [0.25, 0.3) is 0 Å². The molecule has 5 heteroatoms. The van der Waals surface area contributed by atoms with Crippen LogP contribution in [0.15, 0.2) is 120 Å². The van der Waals surface area contributed by atoms with Crippen molar-refractivity contribution in [2.45, 2.75) is 20.8 Å². The third-order valence-electron chi connectivity index (χ3n) is 6.54. The van der Waals surface area contributed by atoms with Crippen molar-refractivity contribution in [3.05, 3.63) is 126 Å². The highest BCUT2D eigenvalue weighted by molar-refractivity contribution is 6.85. The molecule has 4 nitrogen and oxygen atoms in total. The van der Waals surface area contributed by atoms with Gasteiger partial charge in [-0.05, 0) is 73.2 Å². The van der Waals surface area contributed by atoms with Crippen molar-refractivity contribution in [3.63, 3.8) is 0 Å². The first kappa shape index (κ1) is 24.3. The van der Waals surface area contributed by atoms with Gasteiger partial charge in [-0.2, -0.15) is 0 Å². The van der Waals surface area contributed by atoms with E-state index < -0.39 is 0 Å². The molecule has 1 aromatic heterocycles. The first-order valence-electron chi connectivity index (χ1n) is 12.5. The van der Waals surface area contributed by atoms with Crippen molar-refractivity contribution in [1.29, 1.82) is 0 Å². The van der Waals surface area contributed by atoms with Gasteiger partial charge in [-0.3, -0.25) is 0 Å². The Morgan fingerprint density at radius 1 is 0.757 bits per heavy atom. The molecular formula is C32H30BN2O2+. The van der Waals surface area contributed by atoms with Crippen molar-refractivity contribution in [1.82, 2.24) is 0 Å². The second-order valence-electron chi connectivity index (χ2n) is 9.27. The summed E-state index contributed by atoms with van der Waals surface area (Å²) in [5.74, 6) is 3.20. The molecule has 0 atom stereocenters. The van der Waals surface area contributed by atoms with E-state index in [1.807, 2.05) is 93.1 Å². The lowest BCUT2D eigenvalue weighted by Gasteiger charge is -2.20. The molecule has 0 amide bonds. The Kier molecular flexibility index (Phi) is 7.04. The summed E-state index contributed by atoms with van der Waals surface area (Å²) >= 11 is 0. The maximum absolute atomic E-state index is 6.47. The standard InChI is InChI=1S/C32H30BN2O2/c1-23-13-5-8-17-30(23)37-32-19-10-7-15-28(32)33-27-14-6-9-18-31(27)36-25(3)21-24(2)26(22-34-33)29-16-11-12-20-35(29)4/h5-22H,1-4H3/q+1/b25-21+,26-24+,34-22+. The molecule has 37 heavy (non-hydrogen) atoms. The third-order valence-corrected chi connectivity index (χ3v) is 6.54. The third kappa shape index (κ3) is 5.26. The summed E-state index contributed by atoms with van der Waals surface area (Å²) in [4.78, 5) is 5.21. The Hall–Kier alpha value is -4.38. The highest BCUT2D eigenvalue weighted by atomic mass is 16.5. The fraction of sp³-hybridized carbons (Fsp3) is 0.125. The molecule has 0 aliphatic carbocycles. The predicted molar refractivity (Wildman–Crippen MR) is 152 cm³/mol. The average Bonchev–Trinajstić information content (AvgIpc) is 2.89. The summed E-state index contributed by atoms with van der Waals surface area (Å²) in [5, 5.41) is 0. The van der Waals surface area contributed by atoms with E-state index in [2.05, 4.69) is 48.8 Å². The van der Waals surface area contributed by atoms with Crippen LogP contribution in [0.5, 0.6) is 17.2 Å². The van der Waals surface area contributed by atoms with Crippen molar-refractivity contribution in [2.75, 3.05) is 0 Å². The molecule has 3 aromatic carbocycles. The van der Waals surface area contributed by atoms with E-state index in [1.54, 1.807) is 0 Å². The number of rotatable bonds is 4. The maximum Gasteiger partial charge on any atom is 0.351 e. The quantitative estimate of drug-likeness (QED) is 0.280. The van der Waals surface area contributed by atoms with E-state index >= 15 is 0 Å². The molecule has 0 N–H and O–H groups in total. The van der Waals surface area contributed by atoms with Gasteiger partial charge in [0.15, 0.2) is 6.20 Å². The molecule has 0 bridgehead atoms. The summed E-state index contributed by atoms with van der Waals surface area (Å²) in [6.45, 7) is 5.81. The zero-order valence-corrected chi connectivity index (χ0v) is 21.7. The van der Waals surface area contributed by atoms with Gasteiger partial charge in [-0.25, -0.2) is 4.57 Å². The van der Waals surface area contributed by atoms with Gasteiger partial charge in [0.05, 0.1) is 5.57 Å². The van der Waals surface area contributed by atoms with Gasteiger partial charge >= 0.3 is 6.85 Å². The lowest BCUT2D eigenvalue weighted by molar-refractivity contribution is -0.673. The minimum atomic E-state index is -0.334. The Morgan fingerprint density at radius 3 is 2.22 bits per heavy atom. The molecule has 0 saturated carbocycles. The summed E-state index contributed by atoms with van der Waals surface area (Å²) in [6.07, 6.45) is 6.11. The van der Waals surface area contributed by atoms with Gasteiger partial charge in [-0.15, -0.1) is 0 Å². The summed E-state index contributed by atoms with van der Waals surface area (Å²) in [5.41, 5.74) is 6.20. The van der Waals surface area contributed by atoms with Crippen LogP contribution < -0.4 is 25.0 Å². The van der Waals surface area contributed by atoms with Crippen LogP contribution in [-0.4, -0.2) is 13.1 Å². The van der Waals surface area contributed by atoms with Crippen molar-refractivity contribution >= 4 is 29.6 Å². The van der Waals surface area contributed by atoms with Crippen LogP contribution >= 0.6 is 0 Å². The second-order valence-corrected chi connectivity index (χ2v) is 9.27. The van der Waals surface area contributed by atoms with Crippen LogP contribution in [0.4, 0.5) is 0 Å². The smallest absolute Gasteiger partial charge is 0.351 e. The van der Waals surface area contributed by atoms with Crippen LogP contribution in [0.3, 0.4) is 0 Å². The van der Waals surface area contributed by atoms with Crippen molar-refractivity contribution in [2.24, 2.45) is 12.0 Å². The molecule has 1 aliphatic rings. The highest BCUT2D eigenvalue weighted by Crippen LogP contribution is 2.25. The SMILES string of the molecule is CC1=C(c2cccc[n+]2C)/C=N/B(c2ccccc2Oc2ccccc2C)c2ccccc2O\C(C)=C\1. The molecule has 0 radical (unpaired) electrons. The van der Waals surface area contributed by atoms with E-state index in [4.69, 9.17) is 14.4 Å². The lowest BCUT2D eigenvalue weighted by Crippen LogP contribution is -2.42. The lowest BCUT2D eigenvalue weighted by atomic mass is 9.51. The van der Waals surface area contributed by atoms with Crippen LogP contribution in [0.25, 0.3) is 5.57 Å². The first-order chi connectivity index (χ1) is 18.0. The molecular weight excluding hydrogens is 455 g/mol. The summed E-state index contributed by atoms with van der Waals surface area (Å²) in [7, 11) is 2.05. The van der Waals surface area contributed by atoms with Crippen LogP contribution in [-0.2, 0) is 7.05 Å². The van der Waals surface area contributed by atoms with Crippen LogP contribution in [0, 0.1) is 6.92 Å². The number of ether oxygens (including phenoxy) is 2. The van der Waals surface area contributed by atoms with Gasteiger partial charge in [0.2, 0.25) is 5.69 Å². The normalized spacial score (nSPS) is 17.7. The number of aryl methyl sites for hydroxylation is 2. The molecule has 4 aromatic rings. The molecule has 5 rings (SSSR count). The van der Waals surface area contributed by atoms with E-state index in [9.17, 15) is 0 Å². The number of hydrogen-bond donors (Lipinski definition) is 0. The number of fused-ring (bicyclic) bond motifs is 1. The van der Waals surface area contributed by atoms with E-state index in [0.717, 1.165) is 56.3 Å². The number of hydrogen-bond acceptors (Lipinski definition) is 3. The van der Waals surface area contributed by atoms with Gasteiger partial charge in [-0.1, -0.05) is 54.6 Å². The minimum absolute atomic E-state index is 0.334. The number of aromatic nitrogens is 1. The molecule has 0 saturated heterocycles. The number of allylic oxidation sites excluding steroid dienone is 4. The number of pyridine rings is 1. The van der Waals surface area contributed by atoms with Gasteiger partial charge in [0, 0.05) is 18.3 Å². The van der Waals surface area contributed by atoms with Crippen molar-refractivity contribution < 1.29 is 14.0 Å². The molecule has 0 unspecified atom stereocenters. The molecule has 2 heterocycles. The molecule has 0 spiro atoms. The highest BCUT2D eigenvalue weighted by Gasteiger charge is 2.28. The maximum atomic E-state index is 6.47. The monoisotopic (exact) mass is 485 g/mol. The topological polar surface area (TPSA) is 34.7 Å². The average molecular weight is 485 g/mol. The van der Waals surface area contributed by atoms with E-state index in [-0.39, 0.29) is 6.85 Å². The summed E-state index contributed by atoms with van der Waals surface area (Å²) in [6, 6.07) is 30.5. The number of para-hydroxylation sites is 3. The van der Waals surface area contributed by atoms with Gasteiger partial charge in [0.1, 0.15) is 30.1 Å². The zero-order chi connectivity index (χ0) is 25.8. The summed E-state index contributed by atoms with van der Waals surface area (Å²) < 4.78 is 15.0. The largest absolute Gasteiger partial charge is 0.462 e. The number of benzene rings is 3. The van der Waals surface area contributed by atoms with E-state index in [0.29, 0.717) is 0 Å². The molecule has 1 aliphatic heterocycles. The van der Waals surface area contributed by atoms with Crippen LogP contribution in [0.2, 0.25) is 0 Å². The predicted octanol–water partition coefficient (Wildman–Crippen LogP) is 5.56. The molecule has 182 valence electrons. The van der Waals surface area contributed by atoms with Crippen LogP contribution in [0.1, 0.15) is 25.1 Å². The fourth-order valence-corrected chi connectivity index (χ4v) is 4.62.